The van der Waals surface area contributed by atoms with Gasteiger partial charge in [0.05, 0.1) is 0 Å². The van der Waals surface area contributed by atoms with Gasteiger partial charge >= 0.3 is 0 Å². The fourth-order valence-corrected chi connectivity index (χ4v) is 2.68. The first-order valence-electron chi connectivity index (χ1n) is 7.99. The topological polar surface area (TPSA) is 39.7 Å². The molecule has 0 unspecified atom stereocenters. The van der Waals surface area contributed by atoms with Crippen LogP contribution in [0.3, 0.4) is 0 Å². The van der Waals surface area contributed by atoms with E-state index in [0.29, 0.717) is 6.04 Å². The number of hydrogen-bond acceptors (Lipinski definition) is 2. The molecule has 1 fully saturated rings. The molecule has 0 bridgehead atoms. The number of rotatable bonds is 7. The Morgan fingerprint density at radius 3 is 2.42 bits per heavy atom. The molecular weight excluding hydrogens is 236 g/mol. The standard InChI is InChI=1S/C15H32N4/c1-4-19(5-2)13-9-12-17-15(16-3)18-14-10-7-6-8-11-14/h14H,4-13H2,1-3H3,(H2,16,17,18). The van der Waals surface area contributed by atoms with E-state index in [2.05, 4.69) is 34.4 Å². The third-order valence-corrected chi connectivity index (χ3v) is 4.01. The Morgan fingerprint density at radius 2 is 1.84 bits per heavy atom. The molecule has 0 aliphatic heterocycles. The molecule has 0 amide bonds. The average Bonchev–Trinajstić information content (AvgIpc) is 2.47. The lowest BCUT2D eigenvalue weighted by Crippen LogP contribution is -2.44. The molecule has 19 heavy (non-hydrogen) atoms. The molecule has 2 N–H and O–H groups in total. The van der Waals surface area contributed by atoms with Crippen molar-refractivity contribution >= 4 is 5.96 Å². The van der Waals surface area contributed by atoms with Crippen LogP contribution in [-0.4, -0.2) is 50.1 Å². The van der Waals surface area contributed by atoms with Crippen LogP contribution in [0.4, 0.5) is 0 Å². The van der Waals surface area contributed by atoms with Crippen LogP contribution in [0.2, 0.25) is 0 Å². The summed E-state index contributed by atoms with van der Waals surface area (Å²) >= 11 is 0. The number of aliphatic imine (C=N–C) groups is 1. The predicted octanol–water partition coefficient (Wildman–Crippen LogP) is 2.22. The molecule has 0 radical (unpaired) electrons. The number of guanidine groups is 1. The van der Waals surface area contributed by atoms with E-state index >= 15 is 0 Å². The first-order chi connectivity index (χ1) is 9.30. The smallest absolute Gasteiger partial charge is 0.191 e. The van der Waals surface area contributed by atoms with Crippen molar-refractivity contribution < 1.29 is 0 Å². The van der Waals surface area contributed by atoms with Gasteiger partial charge in [-0.15, -0.1) is 0 Å². The van der Waals surface area contributed by atoms with Crippen LogP contribution in [0, 0.1) is 0 Å². The molecule has 0 spiro atoms. The molecule has 4 nitrogen and oxygen atoms in total. The minimum atomic E-state index is 0.628. The normalized spacial score (nSPS) is 17.8. The highest BCUT2D eigenvalue weighted by molar-refractivity contribution is 5.79. The highest BCUT2D eigenvalue weighted by atomic mass is 15.2. The first kappa shape index (κ1) is 16.3. The molecular formula is C15H32N4. The summed E-state index contributed by atoms with van der Waals surface area (Å²) in [5, 5.41) is 6.98. The maximum atomic E-state index is 4.32. The Hall–Kier alpha value is -0.770. The third-order valence-electron chi connectivity index (χ3n) is 4.01. The molecule has 0 atom stereocenters. The van der Waals surface area contributed by atoms with E-state index in [1.807, 2.05) is 7.05 Å². The molecule has 1 rings (SSSR count). The fraction of sp³-hybridized carbons (Fsp3) is 0.933. The second-order valence-corrected chi connectivity index (χ2v) is 5.36. The summed E-state index contributed by atoms with van der Waals surface area (Å²) in [5.41, 5.74) is 0. The van der Waals surface area contributed by atoms with Gasteiger partial charge < -0.3 is 15.5 Å². The van der Waals surface area contributed by atoms with Crippen molar-refractivity contribution in [2.24, 2.45) is 4.99 Å². The van der Waals surface area contributed by atoms with Gasteiger partial charge in [0, 0.05) is 19.6 Å². The third kappa shape index (κ3) is 6.81. The van der Waals surface area contributed by atoms with Gasteiger partial charge in [0.2, 0.25) is 0 Å². The highest BCUT2D eigenvalue weighted by Crippen LogP contribution is 2.17. The molecule has 0 saturated heterocycles. The Kier molecular flexibility index (Phi) is 8.63. The molecule has 112 valence electrons. The Morgan fingerprint density at radius 1 is 1.16 bits per heavy atom. The van der Waals surface area contributed by atoms with Gasteiger partial charge in [-0.1, -0.05) is 33.1 Å². The van der Waals surface area contributed by atoms with Crippen LogP contribution < -0.4 is 10.6 Å². The van der Waals surface area contributed by atoms with E-state index in [9.17, 15) is 0 Å². The molecule has 1 aliphatic carbocycles. The minimum Gasteiger partial charge on any atom is -0.356 e. The van der Waals surface area contributed by atoms with Crippen molar-refractivity contribution in [1.29, 1.82) is 0 Å². The summed E-state index contributed by atoms with van der Waals surface area (Å²) in [5.74, 6) is 0.978. The predicted molar refractivity (Wildman–Crippen MR) is 83.8 cm³/mol. The van der Waals surface area contributed by atoms with Gasteiger partial charge in [0.1, 0.15) is 0 Å². The molecule has 1 saturated carbocycles. The summed E-state index contributed by atoms with van der Waals surface area (Å²) in [6.45, 7) is 8.90. The van der Waals surface area contributed by atoms with Crippen molar-refractivity contribution in [3.8, 4) is 0 Å². The zero-order valence-corrected chi connectivity index (χ0v) is 13.0. The maximum Gasteiger partial charge on any atom is 0.191 e. The van der Waals surface area contributed by atoms with Gasteiger partial charge in [0.25, 0.3) is 0 Å². The zero-order valence-electron chi connectivity index (χ0n) is 13.0. The number of hydrogen-bond donors (Lipinski definition) is 2. The number of nitrogens with one attached hydrogen (secondary N) is 2. The maximum absolute atomic E-state index is 4.32. The summed E-state index contributed by atoms with van der Waals surface area (Å²) in [6, 6.07) is 0.628. The number of nitrogens with zero attached hydrogens (tertiary/aromatic N) is 2. The van der Waals surface area contributed by atoms with Gasteiger partial charge in [-0.2, -0.15) is 0 Å². The van der Waals surface area contributed by atoms with Crippen LogP contribution in [0.1, 0.15) is 52.4 Å². The summed E-state index contributed by atoms with van der Waals surface area (Å²) in [4.78, 5) is 6.78. The van der Waals surface area contributed by atoms with Crippen LogP contribution >= 0.6 is 0 Å². The summed E-state index contributed by atoms with van der Waals surface area (Å²) in [7, 11) is 1.86. The second-order valence-electron chi connectivity index (χ2n) is 5.36. The van der Waals surface area contributed by atoms with E-state index in [-0.39, 0.29) is 0 Å². The van der Waals surface area contributed by atoms with E-state index in [1.54, 1.807) is 0 Å². The molecule has 1 aliphatic rings. The van der Waals surface area contributed by atoms with Crippen LogP contribution in [0.5, 0.6) is 0 Å². The Labute approximate surface area is 119 Å². The lowest BCUT2D eigenvalue weighted by Gasteiger charge is -2.25. The van der Waals surface area contributed by atoms with Crippen LogP contribution in [-0.2, 0) is 0 Å². The van der Waals surface area contributed by atoms with Crippen molar-refractivity contribution in [3.63, 3.8) is 0 Å². The monoisotopic (exact) mass is 268 g/mol. The molecule has 0 aromatic heterocycles. The SMILES string of the molecule is CCN(CC)CCCNC(=NC)NC1CCCCC1. The van der Waals surface area contributed by atoms with Gasteiger partial charge in [0.15, 0.2) is 5.96 Å². The molecule has 0 aromatic carbocycles. The van der Waals surface area contributed by atoms with E-state index < -0.39 is 0 Å². The van der Waals surface area contributed by atoms with Crippen molar-refractivity contribution in [3.05, 3.63) is 0 Å². The van der Waals surface area contributed by atoms with Gasteiger partial charge in [-0.05, 0) is 38.9 Å². The Bertz CT molecular complexity index is 243. The highest BCUT2D eigenvalue weighted by Gasteiger charge is 2.14. The first-order valence-corrected chi connectivity index (χ1v) is 7.99. The van der Waals surface area contributed by atoms with Crippen LogP contribution in [0.15, 0.2) is 4.99 Å². The minimum absolute atomic E-state index is 0.628. The van der Waals surface area contributed by atoms with Crippen molar-refractivity contribution in [2.75, 3.05) is 33.2 Å². The quantitative estimate of drug-likeness (QED) is 0.422. The second kappa shape index (κ2) is 10.1. The summed E-state index contributed by atoms with van der Waals surface area (Å²) in [6.07, 6.45) is 7.87. The lowest BCUT2D eigenvalue weighted by atomic mass is 9.96. The van der Waals surface area contributed by atoms with Crippen molar-refractivity contribution in [1.82, 2.24) is 15.5 Å². The molecule has 4 heteroatoms. The van der Waals surface area contributed by atoms with Gasteiger partial charge in [-0.3, -0.25) is 4.99 Å². The largest absolute Gasteiger partial charge is 0.356 e. The zero-order chi connectivity index (χ0) is 13.9. The molecule has 0 aromatic rings. The van der Waals surface area contributed by atoms with Crippen molar-refractivity contribution in [2.45, 2.75) is 58.4 Å². The lowest BCUT2D eigenvalue weighted by molar-refractivity contribution is 0.300. The summed E-state index contributed by atoms with van der Waals surface area (Å²) < 4.78 is 0. The Balaban J connectivity index is 2.14. The fourth-order valence-electron chi connectivity index (χ4n) is 2.68. The van der Waals surface area contributed by atoms with E-state index in [0.717, 1.165) is 25.6 Å². The van der Waals surface area contributed by atoms with E-state index in [4.69, 9.17) is 0 Å². The average molecular weight is 268 g/mol. The van der Waals surface area contributed by atoms with Gasteiger partial charge in [-0.25, -0.2) is 0 Å². The molecule has 0 heterocycles. The van der Waals surface area contributed by atoms with E-state index in [1.165, 1.54) is 45.1 Å². The van der Waals surface area contributed by atoms with Crippen LogP contribution in [0.25, 0.3) is 0 Å².